The summed E-state index contributed by atoms with van der Waals surface area (Å²) in [5.74, 6) is 0. The number of fused-ring (bicyclic) bond motifs is 1. The molecule has 0 aliphatic heterocycles. The molecular weight excluding hydrogens is 234 g/mol. The van der Waals surface area contributed by atoms with Crippen molar-refractivity contribution in [1.29, 1.82) is 0 Å². The molecule has 0 aliphatic rings. The smallest absolute Gasteiger partial charge is 0.415 e. The Morgan fingerprint density at radius 1 is 1.33 bits per heavy atom. The molecule has 0 atom stereocenters. The van der Waals surface area contributed by atoms with Crippen molar-refractivity contribution in [2.24, 2.45) is 0 Å². The third-order valence-electron chi connectivity index (χ3n) is 2.86. The summed E-state index contributed by atoms with van der Waals surface area (Å²) in [6.45, 7) is 2.00. The molecule has 2 rings (SSSR count). The zero-order valence-corrected chi connectivity index (χ0v) is 10.0. The first-order valence-electron chi connectivity index (χ1n) is 5.84. The number of unbranched alkanes of at least 4 members (excludes halogenated alkanes) is 1. The van der Waals surface area contributed by atoms with Crippen molar-refractivity contribution in [1.82, 2.24) is 0 Å². The average molecular weight is 247 g/mol. The van der Waals surface area contributed by atoms with E-state index in [1.807, 2.05) is 6.92 Å². The zero-order valence-electron chi connectivity index (χ0n) is 10.0. The summed E-state index contributed by atoms with van der Waals surface area (Å²) in [6.07, 6.45) is 2.22. The molecular formula is C13H13NO4. The molecule has 2 aromatic rings. The Hall–Kier alpha value is -2.17. The van der Waals surface area contributed by atoms with Gasteiger partial charge in [-0.15, -0.1) is 0 Å². The van der Waals surface area contributed by atoms with Crippen LogP contribution in [-0.2, 0) is 6.42 Å². The fourth-order valence-electron chi connectivity index (χ4n) is 2.00. The van der Waals surface area contributed by atoms with Gasteiger partial charge in [0.2, 0.25) is 0 Å². The fraction of sp³-hybridized carbons (Fsp3) is 0.308. The number of nitrogens with zero attached hydrogens (tertiary/aromatic N) is 1. The molecule has 0 aliphatic carbocycles. The molecule has 1 aromatic heterocycles. The van der Waals surface area contributed by atoms with Crippen molar-refractivity contribution < 1.29 is 9.34 Å². The summed E-state index contributed by atoms with van der Waals surface area (Å²) in [7, 11) is 0. The van der Waals surface area contributed by atoms with E-state index in [1.165, 1.54) is 0 Å². The third kappa shape index (κ3) is 2.11. The Bertz CT molecular complexity index is 645. The van der Waals surface area contributed by atoms with E-state index >= 15 is 0 Å². The summed E-state index contributed by atoms with van der Waals surface area (Å²) >= 11 is 0. The van der Waals surface area contributed by atoms with Crippen LogP contribution in [0.2, 0.25) is 0 Å². The van der Waals surface area contributed by atoms with Crippen LogP contribution in [0.3, 0.4) is 0 Å². The normalized spacial score (nSPS) is 10.7. The molecule has 0 spiro atoms. The number of benzene rings is 1. The highest BCUT2D eigenvalue weighted by atomic mass is 16.6. The summed E-state index contributed by atoms with van der Waals surface area (Å²) in [4.78, 5) is 22.0. The quantitative estimate of drug-likeness (QED) is 0.473. The molecule has 0 fully saturated rings. The second-order valence-electron chi connectivity index (χ2n) is 4.07. The van der Waals surface area contributed by atoms with Gasteiger partial charge in [0.15, 0.2) is 0 Å². The van der Waals surface area contributed by atoms with Crippen LogP contribution >= 0.6 is 0 Å². The Labute approximate surface area is 103 Å². The molecule has 0 unspecified atom stereocenters. The predicted molar refractivity (Wildman–Crippen MR) is 67.8 cm³/mol. The zero-order chi connectivity index (χ0) is 13.1. The molecule has 94 valence electrons. The highest BCUT2D eigenvalue weighted by Crippen LogP contribution is 2.25. The Balaban J connectivity index is 2.76. The van der Waals surface area contributed by atoms with Gasteiger partial charge < -0.3 is 4.42 Å². The van der Waals surface area contributed by atoms with Gasteiger partial charge >= 0.3 is 11.3 Å². The van der Waals surface area contributed by atoms with Crippen molar-refractivity contribution >= 4 is 16.7 Å². The third-order valence-corrected chi connectivity index (χ3v) is 2.86. The number of hydrogen-bond donors (Lipinski definition) is 0. The lowest BCUT2D eigenvalue weighted by atomic mass is 10.0. The Morgan fingerprint density at radius 2 is 2.06 bits per heavy atom. The van der Waals surface area contributed by atoms with E-state index in [2.05, 4.69) is 0 Å². The lowest BCUT2D eigenvalue weighted by Crippen LogP contribution is -2.11. The predicted octanol–water partition coefficient (Wildman–Crippen LogP) is 3.04. The molecule has 0 amide bonds. The minimum atomic E-state index is -0.871. The van der Waals surface area contributed by atoms with Crippen LogP contribution in [0.25, 0.3) is 11.0 Å². The second kappa shape index (κ2) is 5.00. The van der Waals surface area contributed by atoms with Gasteiger partial charge in [-0.1, -0.05) is 31.5 Å². The fourth-order valence-corrected chi connectivity index (χ4v) is 2.00. The number of aryl methyl sites for hydroxylation is 1. The summed E-state index contributed by atoms with van der Waals surface area (Å²) in [5, 5.41) is 11.6. The first-order chi connectivity index (χ1) is 8.65. The van der Waals surface area contributed by atoms with Gasteiger partial charge in [-0.25, -0.2) is 4.79 Å². The minimum Gasteiger partial charge on any atom is -0.418 e. The van der Waals surface area contributed by atoms with E-state index in [0.717, 1.165) is 12.8 Å². The molecule has 0 radical (unpaired) electrons. The Morgan fingerprint density at radius 3 is 2.72 bits per heavy atom. The average Bonchev–Trinajstić information content (AvgIpc) is 2.34. The highest BCUT2D eigenvalue weighted by molar-refractivity contribution is 5.83. The molecule has 5 heteroatoms. The van der Waals surface area contributed by atoms with Crippen molar-refractivity contribution in [3.8, 4) is 0 Å². The second-order valence-corrected chi connectivity index (χ2v) is 4.07. The molecule has 0 saturated carbocycles. The lowest BCUT2D eigenvalue weighted by molar-refractivity contribution is -0.387. The molecule has 18 heavy (non-hydrogen) atoms. The first kappa shape index (κ1) is 12.3. The molecule has 0 bridgehead atoms. The van der Waals surface area contributed by atoms with Crippen molar-refractivity contribution in [3.63, 3.8) is 0 Å². The van der Waals surface area contributed by atoms with Crippen LogP contribution < -0.4 is 5.63 Å². The van der Waals surface area contributed by atoms with Gasteiger partial charge in [0.1, 0.15) is 5.58 Å². The lowest BCUT2D eigenvalue weighted by Gasteiger charge is -2.05. The van der Waals surface area contributed by atoms with Crippen LogP contribution in [-0.4, -0.2) is 4.92 Å². The van der Waals surface area contributed by atoms with Gasteiger partial charge in [-0.05, 0) is 18.9 Å². The van der Waals surface area contributed by atoms with Crippen molar-refractivity contribution in [2.75, 3.05) is 0 Å². The maximum Gasteiger partial charge on any atom is 0.415 e. The molecule has 0 saturated heterocycles. The van der Waals surface area contributed by atoms with Crippen LogP contribution in [0, 0.1) is 10.1 Å². The van der Waals surface area contributed by atoms with Crippen LogP contribution in [0.15, 0.2) is 33.5 Å². The van der Waals surface area contributed by atoms with Crippen LogP contribution in [0.4, 0.5) is 5.69 Å². The number of hydrogen-bond acceptors (Lipinski definition) is 4. The van der Waals surface area contributed by atoms with Crippen LogP contribution in [0.5, 0.6) is 0 Å². The minimum absolute atomic E-state index is 0.402. The topological polar surface area (TPSA) is 73.3 Å². The van der Waals surface area contributed by atoms with E-state index in [1.54, 1.807) is 24.3 Å². The van der Waals surface area contributed by atoms with E-state index in [4.69, 9.17) is 4.42 Å². The largest absolute Gasteiger partial charge is 0.418 e. The van der Waals surface area contributed by atoms with E-state index in [9.17, 15) is 14.9 Å². The van der Waals surface area contributed by atoms with Gasteiger partial charge in [0.25, 0.3) is 0 Å². The van der Waals surface area contributed by atoms with Crippen LogP contribution in [0.1, 0.15) is 25.3 Å². The van der Waals surface area contributed by atoms with Gasteiger partial charge in [0, 0.05) is 10.9 Å². The molecule has 1 aromatic carbocycles. The highest BCUT2D eigenvalue weighted by Gasteiger charge is 2.23. The van der Waals surface area contributed by atoms with E-state index in [0.29, 0.717) is 23.0 Å². The van der Waals surface area contributed by atoms with Crippen molar-refractivity contribution in [3.05, 3.63) is 50.4 Å². The maximum absolute atomic E-state index is 11.7. The summed E-state index contributed by atoms with van der Waals surface area (Å²) in [6, 6.07) is 6.91. The number of nitro groups is 1. The first-order valence-corrected chi connectivity index (χ1v) is 5.84. The Kier molecular flexibility index (Phi) is 3.41. The number of rotatable bonds is 4. The summed E-state index contributed by atoms with van der Waals surface area (Å²) in [5.41, 5.74) is -0.417. The molecule has 5 nitrogen and oxygen atoms in total. The number of para-hydroxylation sites is 1. The van der Waals surface area contributed by atoms with Gasteiger partial charge in [0.05, 0.1) is 4.92 Å². The van der Waals surface area contributed by atoms with E-state index in [-0.39, 0.29) is 0 Å². The monoisotopic (exact) mass is 247 g/mol. The molecule has 1 heterocycles. The van der Waals surface area contributed by atoms with Gasteiger partial charge in [-0.2, -0.15) is 0 Å². The van der Waals surface area contributed by atoms with Crippen molar-refractivity contribution in [2.45, 2.75) is 26.2 Å². The maximum atomic E-state index is 11.7. The van der Waals surface area contributed by atoms with Gasteiger partial charge in [-0.3, -0.25) is 10.1 Å². The summed E-state index contributed by atoms with van der Waals surface area (Å²) < 4.78 is 4.98. The molecule has 0 N–H and O–H groups in total. The standard InChI is InChI=1S/C13H13NO4/c1-2-3-6-10-9-7-4-5-8-11(9)18-13(15)12(10)14(16)17/h4-5,7-8H,2-3,6H2,1H3. The SMILES string of the molecule is CCCCc1c([N+](=O)[O-])c(=O)oc2ccccc12. The van der Waals surface area contributed by atoms with E-state index < -0.39 is 16.2 Å².